The van der Waals surface area contributed by atoms with E-state index in [1.165, 1.54) is 11.1 Å². The minimum atomic E-state index is -0.266. The van der Waals surface area contributed by atoms with Crippen molar-refractivity contribution in [3.05, 3.63) is 41.5 Å². The Kier molecular flexibility index (Phi) is 6.82. The molecule has 3 N–H and O–H groups in total. The van der Waals surface area contributed by atoms with Gasteiger partial charge in [0.1, 0.15) is 16.5 Å². The third-order valence-electron chi connectivity index (χ3n) is 6.34. The van der Waals surface area contributed by atoms with Crippen LogP contribution in [-0.2, 0) is 16.1 Å². The molecular weight excluding hydrogens is 436 g/mol. The fraction of sp³-hybridized carbons (Fsp3) is 0.458. The van der Waals surface area contributed by atoms with Crippen LogP contribution >= 0.6 is 11.3 Å². The van der Waals surface area contributed by atoms with Crippen LogP contribution in [0.15, 0.2) is 35.7 Å². The van der Waals surface area contributed by atoms with Gasteiger partial charge < -0.3 is 15.8 Å². The highest BCUT2D eigenvalue weighted by atomic mass is 32.1. The minimum absolute atomic E-state index is 0.266. The maximum Gasteiger partial charge on any atom is 0.231 e. The molecule has 33 heavy (non-hydrogen) atoms. The number of fused-ring (bicyclic) bond motifs is 1. The van der Waals surface area contributed by atoms with Crippen molar-refractivity contribution in [2.75, 3.05) is 51.3 Å². The first-order valence-corrected chi connectivity index (χ1v) is 12.4. The molecule has 2 fully saturated rings. The van der Waals surface area contributed by atoms with Crippen LogP contribution in [-0.4, -0.2) is 77.7 Å². The molecule has 4 heterocycles. The van der Waals surface area contributed by atoms with Gasteiger partial charge in [0, 0.05) is 43.2 Å². The number of hydrogen-bond acceptors (Lipinski definition) is 8. The number of nitrogens with two attached hydrogens (primary N) is 1. The van der Waals surface area contributed by atoms with Crippen LogP contribution in [0.25, 0.3) is 21.3 Å². The number of thiophene rings is 1. The highest BCUT2D eigenvalue weighted by Crippen LogP contribution is 2.37. The van der Waals surface area contributed by atoms with Crippen molar-refractivity contribution in [1.82, 2.24) is 19.8 Å². The van der Waals surface area contributed by atoms with Gasteiger partial charge in [-0.05, 0) is 18.4 Å². The Morgan fingerprint density at radius 3 is 2.58 bits per heavy atom. The zero-order valence-corrected chi connectivity index (χ0v) is 19.5. The van der Waals surface area contributed by atoms with E-state index in [2.05, 4.69) is 44.8 Å². The number of aromatic nitrogens is 2. The van der Waals surface area contributed by atoms with Gasteiger partial charge in [0.25, 0.3) is 0 Å². The summed E-state index contributed by atoms with van der Waals surface area (Å²) in [6.45, 7) is 6.09. The number of amides is 1. The van der Waals surface area contributed by atoms with Crippen molar-refractivity contribution in [3.63, 3.8) is 0 Å². The summed E-state index contributed by atoms with van der Waals surface area (Å²) in [5, 5.41) is 7.02. The average Bonchev–Trinajstić information content (AvgIpc) is 3.26. The monoisotopic (exact) mass is 466 g/mol. The summed E-state index contributed by atoms with van der Waals surface area (Å²) in [5.74, 6) is 1.49. The van der Waals surface area contributed by atoms with Crippen molar-refractivity contribution in [1.29, 1.82) is 0 Å². The van der Waals surface area contributed by atoms with Crippen molar-refractivity contribution < 1.29 is 9.53 Å². The number of carbonyl (C=O) groups excluding carboxylic acids is 1. The Balaban J connectivity index is 1.43. The lowest BCUT2D eigenvalue weighted by Crippen LogP contribution is -2.43. The Labute approximate surface area is 197 Å². The second kappa shape index (κ2) is 10.1. The number of likely N-dealkylation sites (tertiary alicyclic amines) is 1. The summed E-state index contributed by atoms with van der Waals surface area (Å²) >= 11 is 1.67. The van der Waals surface area contributed by atoms with Crippen molar-refractivity contribution in [2.24, 2.45) is 5.73 Å². The van der Waals surface area contributed by atoms with Gasteiger partial charge in [-0.15, -0.1) is 11.3 Å². The molecule has 0 unspecified atom stereocenters. The number of nitrogens with zero attached hydrogens (tertiary/aromatic N) is 4. The van der Waals surface area contributed by atoms with Crippen LogP contribution in [0, 0.1) is 0 Å². The molecule has 0 atom stereocenters. The van der Waals surface area contributed by atoms with Gasteiger partial charge in [0.2, 0.25) is 5.91 Å². The summed E-state index contributed by atoms with van der Waals surface area (Å²) in [5.41, 5.74) is 7.72. The molecule has 1 aromatic carbocycles. The van der Waals surface area contributed by atoms with E-state index in [4.69, 9.17) is 20.4 Å². The number of rotatable bonds is 7. The van der Waals surface area contributed by atoms with Crippen LogP contribution in [0.1, 0.15) is 18.7 Å². The summed E-state index contributed by atoms with van der Waals surface area (Å²) in [4.78, 5) is 26.7. The molecule has 0 aliphatic carbocycles. The first kappa shape index (κ1) is 22.2. The number of carbonyl (C=O) groups is 1. The molecule has 2 saturated heterocycles. The quantitative estimate of drug-likeness (QED) is 0.552. The first-order chi connectivity index (χ1) is 16.2. The molecule has 0 spiro atoms. The SMILES string of the molecule is NC(=O)CN1CCC(Nc2nc(CN3CCOCC3)nc3scc(-c4ccccc4)c23)CC1. The molecule has 5 rings (SSSR count). The molecule has 0 saturated carbocycles. The molecule has 2 aliphatic heterocycles. The zero-order chi connectivity index (χ0) is 22.6. The molecule has 0 bridgehead atoms. The number of morpholine rings is 1. The molecule has 3 aromatic rings. The van der Waals surface area contributed by atoms with E-state index in [0.717, 1.165) is 80.6 Å². The number of anilines is 1. The smallest absolute Gasteiger partial charge is 0.231 e. The van der Waals surface area contributed by atoms with Crippen LogP contribution in [0.3, 0.4) is 0 Å². The van der Waals surface area contributed by atoms with Gasteiger partial charge in [0.15, 0.2) is 0 Å². The Morgan fingerprint density at radius 2 is 1.85 bits per heavy atom. The van der Waals surface area contributed by atoms with E-state index in [0.29, 0.717) is 12.6 Å². The number of hydrogen-bond donors (Lipinski definition) is 2. The highest BCUT2D eigenvalue weighted by Gasteiger charge is 2.23. The molecule has 1 amide bonds. The molecule has 2 aromatic heterocycles. The van der Waals surface area contributed by atoms with E-state index in [1.807, 2.05) is 6.07 Å². The van der Waals surface area contributed by atoms with E-state index in [9.17, 15) is 4.79 Å². The summed E-state index contributed by atoms with van der Waals surface area (Å²) < 4.78 is 5.49. The average molecular weight is 467 g/mol. The van der Waals surface area contributed by atoms with Crippen LogP contribution in [0.2, 0.25) is 0 Å². The second-order valence-electron chi connectivity index (χ2n) is 8.73. The largest absolute Gasteiger partial charge is 0.379 e. The zero-order valence-electron chi connectivity index (χ0n) is 18.7. The lowest BCUT2D eigenvalue weighted by atomic mass is 10.0. The van der Waals surface area contributed by atoms with Crippen LogP contribution < -0.4 is 11.1 Å². The topological polar surface area (TPSA) is 96.6 Å². The van der Waals surface area contributed by atoms with E-state index >= 15 is 0 Å². The Morgan fingerprint density at radius 1 is 1.09 bits per heavy atom. The summed E-state index contributed by atoms with van der Waals surface area (Å²) in [6, 6.07) is 10.7. The number of piperidine rings is 1. The molecule has 8 nitrogen and oxygen atoms in total. The van der Waals surface area contributed by atoms with Gasteiger partial charge in [0.05, 0.1) is 31.7 Å². The Hall–Kier alpha value is -2.59. The molecular formula is C24H30N6O2S. The normalized spacial score (nSPS) is 18.5. The lowest BCUT2D eigenvalue weighted by Gasteiger charge is -2.32. The fourth-order valence-corrected chi connectivity index (χ4v) is 5.57. The maximum atomic E-state index is 11.3. The van der Waals surface area contributed by atoms with Crippen molar-refractivity contribution >= 4 is 33.3 Å². The first-order valence-electron chi connectivity index (χ1n) is 11.6. The Bertz CT molecular complexity index is 1090. The molecule has 9 heteroatoms. The standard InChI is InChI=1S/C24H30N6O2S/c25-20(31)14-29-8-6-18(7-9-29)26-23-22-19(17-4-2-1-3-5-17)16-33-24(22)28-21(27-23)15-30-10-12-32-13-11-30/h1-5,16,18H,6-15H2,(H2,25,31)(H,26,27,28). The van der Waals surface area contributed by atoms with Gasteiger partial charge in [-0.3, -0.25) is 14.6 Å². The van der Waals surface area contributed by atoms with E-state index in [1.54, 1.807) is 11.3 Å². The lowest BCUT2D eigenvalue weighted by molar-refractivity contribution is -0.119. The second-order valence-corrected chi connectivity index (χ2v) is 9.59. The van der Waals surface area contributed by atoms with E-state index in [-0.39, 0.29) is 5.91 Å². The van der Waals surface area contributed by atoms with Gasteiger partial charge in [-0.25, -0.2) is 9.97 Å². The van der Waals surface area contributed by atoms with E-state index < -0.39 is 0 Å². The molecule has 0 radical (unpaired) electrons. The number of benzene rings is 1. The number of primary amides is 1. The highest BCUT2D eigenvalue weighted by molar-refractivity contribution is 7.17. The third kappa shape index (κ3) is 5.33. The van der Waals surface area contributed by atoms with Gasteiger partial charge in [-0.1, -0.05) is 30.3 Å². The minimum Gasteiger partial charge on any atom is -0.379 e. The third-order valence-corrected chi connectivity index (χ3v) is 7.21. The summed E-state index contributed by atoms with van der Waals surface area (Å²) in [6.07, 6.45) is 1.89. The predicted octanol–water partition coefficient (Wildman–Crippen LogP) is 2.55. The van der Waals surface area contributed by atoms with Crippen molar-refractivity contribution in [2.45, 2.75) is 25.4 Å². The fourth-order valence-electron chi connectivity index (χ4n) is 4.60. The van der Waals surface area contributed by atoms with Gasteiger partial charge in [-0.2, -0.15) is 0 Å². The van der Waals surface area contributed by atoms with Crippen molar-refractivity contribution in [3.8, 4) is 11.1 Å². The molecule has 2 aliphatic rings. The molecule has 174 valence electrons. The number of nitrogens with one attached hydrogen (secondary N) is 1. The van der Waals surface area contributed by atoms with Gasteiger partial charge >= 0.3 is 0 Å². The maximum absolute atomic E-state index is 11.3. The predicted molar refractivity (Wildman–Crippen MR) is 131 cm³/mol. The van der Waals surface area contributed by atoms with Crippen LogP contribution in [0.4, 0.5) is 5.82 Å². The van der Waals surface area contributed by atoms with Crippen LogP contribution in [0.5, 0.6) is 0 Å². The summed E-state index contributed by atoms with van der Waals surface area (Å²) in [7, 11) is 0. The number of ether oxygens (including phenoxy) is 1.